The van der Waals surface area contributed by atoms with E-state index in [1.165, 1.54) is 6.42 Å². The van der Waals surface area contributed by atoms with Crippen LogP contribution in [-0.4, -0.2) is 43.0 Å². The zero-order valence-electron chi connectivity index (χ0n) is 23.4. The van der Waals surface area contributed by atoms with Crippen molar-refractivity contribution in [1.29, 1.82) is 0 Å². The molecule has 212 valence electrons. The maximum Gasteiger partial charge on any atom is 0.243 e. The van der Waals surface area contributed by atoms with Gasteiger partial charge in [-0.2, -0.15) is 0 Å². The molecule has 0 radical (unpaired) electrons. The van der Waals surface area contributed by atoms with E-state index >= 15 is 0 Å². The van der Waals surface area contributed by atoms with Crippen molar-refractivity contribution in [1.82, 2.24) is 10.2 Å². The highest BCUT2D eigenvalue weighted by atomic mass is 79.9. The summed E-state index contributed by atoms with van der Waals surface area (Å²) >= 11 is 3.56. The molecule has 7 heteroatoms. The predicted molar refractivity (Wildman–Crippen MR) is 162 cm³/mol. The Labute approximate surface area is 246 Å². The number of halogens is 1. The highest BCUT2D eigenvalue weighted by molar-refractivity contribution is 9.10. The molecule has 1 N–H and O–H groups in total. The van der Waals surface area contributed by atoms with E-state index in [0.29, 0.717) is 30.9 Å². The number of amides is 2. The van der Waals surface area contributed by atoms with Gasteiger partial charge in [0, 0.05) is 29.9 Å². The fourth-order valence-corrected chi connectivity index (χ4v) is 5.81. The van der Waals surface area contributed by atoms with Gasteiger partial charge in [0.15, 0.2) is 11.5 Å². The van der Waals surface area contributed by atoms with Gasteiger partial charge in [0.1, 0.15) is 6.04 Å². The summed E-state index contributed by atoms with van der Waals surface area (Å²) in [4.78, 5) is 29.7. The first kappa shape index (κ1) is 29.7. The van der Waals surface area contributed by atoms with Crippen LogP contribution in [0.2, 0.25) is 0 Å². The number of methoxy groups -OCH3 is 2. The average molecular weight is 608 g/mol. The lowest BCUT2D eigenvalue weighted by molar-refractivity contribution is -0.141. The smallest absolute Gasteiger partial charge is 0.243 e. The van der Waals surface area contributed by atoms with Crippen molar-refractivity contribution in [3.8, 4) is 11.5 Å². The van der Waals surface area contributed by atoms with Crippen molar-refractivity contribution in [2.45, 2.75) is 70.0 Å². The quantitative estimate of drug-likeness (QED) is 0.256. The minimum Gasteiger partial charge on any atom is -0.493 e. The first-order valence-electron chi connectivity index (χ1n) is 14.1. The molecule has 2 amide bonds. The summed E-state index contributed by atoms with van der Waals surface area (Å²) in [6.45, 7) is 0.347. The van der Waals surface area contributed by atoms with Gasteiger partial charge < -0.3 is 19.7 Å². The zero-order valence-corrected chi connectivity index (χ0v) is 25.0. The number of ether oxygens (including phenoxy) is 2. The van der Waals surface area contributed by atoms with E-state index in [4.69, 9.17) is 9.47 Å². The highest BCUT2D eigenvalue weighted by Gasteiger charge is 2.31. The second-order valence-corrected chi connectivity index (χ2v) is 11.3. The van der Waals surface area contributed by atoms with Crippen LogP contribution in [0, 0.1) is 0 Å². The summed E-state index contributed by atoms with van der Waals surface area (Å²) < 4.78 is 11.8. The molecule has 0 aromatic heterocycles. The Morgan fingerprint density at radius 1 is 0.875 bits per heavy atom. The van der Waals surface area contributed by atoms with Gasteiger partial charge in [-0.05, 0) is 60.2 Å². The molecule has 0 spiro atoms. The number of hydrogen-bond acceptors (Lipinski definition) is 4. The first-order valence-corrected chi connectivity index (χ1v) is 14.8. The molecule has 3 aromatic rings. The zero-order chi connectivity index (χ0) is 28.3. The van der Waals surface area contributed by atoms with E-state index in [0.717, 1.165) is 46.8 Å². The van der Waals surface area contributed by atoms with Gasteiger partial charge in [0.2, 0.25) is 11.8 Å². The van der Waals surface area contributed by atoms with Crippen LogP contribution < -0.4 is 14.8 Å². The molecule has 1 aliphatic carbocycles. The van der Waals surface area contributed by atoms with Gasteiger partial charge in [-0.15, -0.1) is 0 Å². The lowest BCUT2D eigenvalue weighted by atomic mass is 9.94. The van der Waals surface area contributed by atoms with Crippen molar-refractivity contribution in [3.05, 3.63) is 94.0 Å². The Bertz CT molecular complexity index is 1260. The molecule has 1 atom stereocenters. The van der Waals surface area contributed by atoms with Crippen molar-refractivity contribution in [3.63, 3.8) is 0 Å². The minimum atomic E-state index is -0.624. The van der Waals surface area contributed by atoms with Gasteiger partial charge in [0.05, 0.1) is 14.2 Å². The van der Waals surface area contributed by atoms with Crippen molar-refractivity contribution in [2.75, 3.05) is 14.2 Å². The Balaban J connectivity index is 1.61. The molecule has 1 saturated carbocycles. The molecule has 1 aliphatic rings. The molecular weight excluding hydrogens is 568 g/mol. The largest absolute Gasteiger partial charge is 0.493 e. The van der Waals surface area contributed by atoms with Gasteiger partial charge in [0.25, 0.3) is 0 Å². The third kappa shape index (κ3) is 8.34. The van der Waals surface area contributed by atoms with Gasteiger partial charge in [-0.3, -0.25) is 9.59 Å². The molecule has 1 fully saturated rings. The molecule has 0 bridgehead atoms. The Morgan fingerprint density at radius 3 is 2.30 bits per heavy atom. The van der Waals surface area contributed by atoms with E-state index in [1.807, 2.05) is 72.8 Å². The first-order chi connectivity index (χ1) is 19.5. The third-order valence-corrected chi connectivity index (χ3v) is 8.03. The molecular formula is C33H39BrN2O4. The number of aryl methyl sites for hydroxylation is 1. The van der Waals surface area contributed by atoms with Crippen LogP contribution in [0.15, 0.2) is 77.3 Å². The third-order valence-electron chi connectivity index (χ3n) is 7.54. The van der Waals surface area contributed by atoms with Gasteiger partial charge >= 0.3 is 0 Å². The van der Waals surface area contributed by atoms with Crippen LogP contribution in [0.25, 0.3) is 0 Å². The Kier molecular flexibility index (Phi) is 11.0. The molecule has 0 heterocycles. The van der Waals surface area contributed by atoms with Crippen LogP contribution in [-0.2, 0) is 29.0 Å². The summed E-state index contributed by atoms with van der Waals surface area (Å²) in [6.07, 6.45) is 6.69. The number of benzene rings is 3. The molecule has 0 aliphatic heterocycles. The Morgan fingerprint density at radius 2 is 1.60 bits per heavy atom. The lowest BCUT2D eigenvalue weighted by Gasteiger charge is -2.33. The summed E-state index contributed by atoms with van der Waals surface area (Å²) in [5.41, 5.74) is 2.97. The fourth-order valence-electron chi connectivity index (χ4n) is 5.36. The number of hydrogen-bond donors (Lipinski definition) is 1. The SMILES string of the molecule is COc1ccc(CCC(=O)N(Cc2cccc(Br)c2)[C@@H](Cc2ccccc2)C(=O)NC2CCCCC2)cc1OC. The van der Waals surface area contributed by atoms with E-state index in [9.17, 15) is 9.59 Å². The maximum absolute atomic E-state index is 14.0. The van der Waals surface area contributed by atoms with Crippen molar-refractivity contribution in [2.24, 2.45) is 0 Å². The van der Waals surface area contributed by atoms with Crippen LogP contribution in [0.5, 0.6) is 11.5 Å². The normalized spacial score (nSPS) is 14.3. The van der Waals surface area contributed by atoms with Crippen LogP contribution >= 0.6 is 15.9 Å². The lowest BCUT2D eigenvalue weighted by Crippen LogP contribution is -2.52. The predicted octanol–water partition coefficient (Wildman–Crippen LogP) is 6.49. The number of nitrogens with zero attached hydrogens (tertiary/aromatic N) is 1. The van der Waals surface area contributed by atoms with Crippen molar-refractivity contribution >= 4 is 27.7 Å². The molecule has 40 heavy (non-hydrogen) atoms. The molecule has 0 saturated heterocycles. The van der Waals surface area contributed by atoms with Crippen LogP contribution in [0.1, 0.15) is 55.2 Å². The maximum atomic E-state index is 14.0. The fraction of sp³-hybridized carbons (Fsp3) is 0.394. The number of nitrogens with one attached hydrogen (secondary N) is 1. The summed E-state index contributed by atoms with van der Waals surface area (Å²) in [7, 11) is 3.21. The molecule has 6 nitrogen and oxygen atoms in total. The monoisotopic (exact) mass is 606 g/mol. The summed E-state index contributed by atoms with van der Waals surface area (Å²) in [5.74, 6) is 1.14. The number of carbonyl (C=O) groups is 2. The summed E-state index contributed by atoms with van der Waals surface area (Å²) in [6, 6.07) is 23.1. The number of rotatable bonds is 12. The van der Waals surface area contributed by atoms with Gasteiger partial charge in [-0.1, -0.05) is 83.7 Å². The molecule has 3 aromatic carbocycles. The minimum absolute atomic E-state index is 0.0607. The second kappa shape index (κ2) is 14.9. The van der Waals surface area contributed by atoms with E-state index < -0.39 is 6.04 Å². The second-order valence-electron chi connectivity index (χ2n) is 10.4. The van der Waals surface area contributed by atoms with E-state index in [1.54, 1.807) is 19.1 Å². The van der Waals surface area contributed by atoms with Crippen molar-refractivity contribution < 1.29 is 19.1 Å². The van der Waals surface area contributed by atoms with Gasteiger partial charge in [-0.25, -0.2) is 0 Å². The van der Waals surface area contributed by atoms with Crippen LogP contribution in [0.3, 0.4) is 0 Å². The highest BCUT2D eigenvalue weighted by Crippen LogP contribution is 2.28. The van der Waals surface area contributed by atoms with E-state index in [2.05, 4.69) is 21.2 Å². The van der Waals surface area contributed by atoms with E-state index in [-0.39, 0.29) is 24.3 Å². The standard InChI is InChI=1S/C33H39BrN2O4/c1-39-30-18-16-25(22-31(30)40-2)17-19-32(37)36(23-26-12-9-13-27(34)20-26)29(21-24-10-5-3-6-11-24)33(38)35-28-14-7-4-8-15-28/h3,5-6,9-13,16,18,20,22,28-29H,4,7-8,14-15,17,19,21,23H2,1-2H3,(H,35,38)/t29-/m0/s1. The molecule has 4 rings (SSSR count). The number of carbonyl (C=O) groups excluding carboxylic acids is 2. The van der Waals surface area contributed by atoms with Crippen LogP contribution in [0.4, 0.5) is 0 Å². The Hall–Kier alpha value is -3.32. The average Bonchev–Trinajstić information content (AvgIpc) is 2.98. The summed E-state index contributed by atoms with van der Waals surface area (Å²) in [5, 5.41) is 3.30. The molecule has 0 unspecified atom stereocenters. The topological polar surface area (TPSA) is 67.9 Å².